The quantitative estimate of drug-likeness (QED) is 0.541. The van der Waals surface area contributed by atoms with Gasteiger partial charge in [-0.2, -0.15) is 0 Å². The second-order valence-corrected chi connectivity index (χ2v) is 4.32. The molecule has 0 saturated carbocycles. The normalized spacial score (nSPS) is 9.41. The molecule has 0 aliphatic rings. The molecule has 0 bridgehead atoms. The van der Waals surface area contributed by atoms with E-state index in [1.54, 1.807) is 11.3 Å². The molecule has 17 heavy (non-hydrogen) atoms. The third-order valence-electron chi connectivity index (χ3n) is 2.24. The van der Waals surface area contributed by atoms with E-state index in [1.807, 2.05) is 30.5 Å². The number of thiophene rings is 1. The van der Waals surface area contributed by atoms with E-state index in [2.05, 4.69) is 29.2 Å². The van der Waals surface area contributed by atoms with Gasteiger partial charge in [-0.1, -0.05) is 24.3 Å². The first-order valence-corrected chi connectivity index (χ1v) is 5.57. The minimum atomic E-state index is 0. The van der Waals surface area contributed by atoms with Crippen LogP contribution in [0.2, 0.25) is 0 Å². The van der Waals surface area contributed by atoms with Crippen molar-refractivity contribution in [3.8, 4) is 10.6 Å². The Hall–Kier alpha value is -1.02. The molecule has 89 valence electrons. The summed E-state index contributed by atoms with van der Waals surface area (Å²) >= 11 is 1.73. The van der Waals surface area contributed by atoms with Crippen molar-refractivity contribution in [1.82, 2.24) is 4.98 Å². The van der Waals surface area contributed by atoms with E-state index in [4.69, 9.17) is 0 Å². The Labute approximate surface area is 119 Å². The van der Waals surface area contributed by atoms with Crippen molar-refractivity contribution in [2.24, 2.45) is 0 Å². The number of fused-ring (bicyclic) bond motifs is 1. The zero-order chi connectivity index (χ0) is 10.1. The van der Waals surface area contributed by atoms with Crippen molar-refractivity contribution in [1.29, 1.82) is 0 Å². The summed E-state index contributed by atoms with van der Waals surface area (Å²) in [7, 11) is 0. The zero-order valence-electron chi connectivity index (χ0n) is 9.31. The van der Waals surface area contributed by atoms with Crippen molar-refractivity contribution < 1.29 is 20.1 Å². The Kier molecular flexibility index (Phi) is 5.01. The van der Waals surface area contributed by atoms with Gasteiger partial charge in [-0.25, -0.2) is 11.3 Å². The first-order chi connectivity index (χ1) is 7.43. The van der Waals surface area contributed by atoms with Crippen LogP contribution in [0.15, 0.2) is 48.7 Å². The van der Waals surface area contributed by atoms with Crippen molar-refractivity contribution in [3.63, 3.8) is 0 Å². The molecule has 0 spiro atoms. The van der Waals surface area contributed by atoms with Gasteiger partial charge in [0.1, 0.15) is 0 Å². The largest absolute Gasteiger partial charge is 0.358 e. The molecule has 1 aromatic carbocycles. The van der Waals surface area contributed by atoms with Gasteiger partial charge in [-0.3, -0.25) is 0 Å². The first-order valence-electron chi connectivity index (χ1n) is 4.76. The third-order valence-corrected chi connectivity index (χ3v) is 3.34. The number of hydrogen-bond donors (Lipinski definition) is 0. The van der Waals surface area contributed by atoms with Crippen LogP contribution in [0.4, 0.5) is 0 Å². The molecule has 0 amide bonds. The molecule has 2 heterocycles. The van der Waals surface area contributed by atoms with Crippen molar-refractivity contribution >= 4 is 21.4 Å². The second-order valence-electron chi connectivity index (χ2n) is 3.27. The maximum absolute atomic E-state index is 4.32. The Morgan fingerprint density at radius 3 is 2.47 bits per heavy atom. The van der Waals surface area contributed by atoms with Crippen LogP contribution in [0.5, 0.6) is 0 Å². The molecule has 0 aliphatic heterocycles. The molecule has 0 saturated heterocycles. The molecule has 3 heteroatoms. The van der Waals surface area contributed by atoms with Gasteiger partial charge in [-0.05, 0) is 15.6 Å². The number of benzene rings is 1. The molecule has 1 radical (unpaired) electrons. The van der Waals surface area contributed by atoms with Crippen LogP contribution in [0.1, 0.15) is 0 Å². The first kappa shape index (κ1) is 14.0. The van der Waals surface area contributed by atoms with E-state index in [0.29, 0.717) is 0 Å². The summed E-state index contributed by atoms with van der Waals surface area (Å²) in [4.78, 5) is 5.43. The van der Waals surface area contributed by atoms with Crippen LogP contribution in [0, 0.1) is 13.5 Å². The summed E-state index contributed by atoms with van der Waals surface area (Å²) < 4.78 is 1.26. The molecule has 0 atom stereocenters. The fraction of sp³-hybridized carbons (Fsp3) is 0. The van der Waals surface area contributed by atoms with Crippen molar-refractivity contribution in [2.45, 2.75) is 0 Å². The minimum Gasteiger partial charge on any atom is -0.358 e. The van der Waals surface area contributed by atoms with Crippen LogP contribution < -0.4 is 0 Å². The van der Waals surface area contributed by atoms with Crippen LogP contribution in [-0.4, -0.2) is 4.98 Å². The molecule has 3 aromatic rings. The summed E-state index contributed by atoms with van der Waals surface area (Å²) in [6.07, 6.45) is 1.81. The van der Waals surface area contributed by atoms with E-state index in [1.165, 1.54) is 10.1 Å². The number of aromatic nitrogens is 1. The van der Waals surface area contributed by atoms with Crippen LogP contribution in [0.3, 0.4) is 0 Å². The molecular weight excluding hydrogens is 406 g/mol. The minimum absolute atomic E-state index is 0. The molecule has 0 N–H and O–H groups in total. The van der Waals surface area contributed by atoms with Gasteiger partial charge in [0.2, 0.25) is 0 Å². The SMILES string of the molecule is [CH3-].[Ir].[c-]1c(-c2ccccn2)sc2ccccc12. The molecule has 2 aromatic heterocycles. The van der Waals surface area contributed by atoms with Crippen molar-refractivity contribution in [3.05, 3.63) is 62.2 Å². The number of pyridine rings is 1. The van der Waals surface area contributed by atoms with Crippen LogP contribution in [0.25, 0.3) is 20.7 Å². The monoisotopic (exact) mass is 418 g/mol. The van der Waals surface area contributed by atoms with Gasteiger partial charge in [0.15, 0.2) is 0 Å². The van der Waals surface area contributed by atoms with E-state index < -0.39 is 0 Å². The summed E-state index contributed by atoms with van der Waals surface area (Å²) in [5.74, 6) is 0. The van der Waals surface area contributed by atoms with Gasteiger partial charge in [0.25, 0.3) is 0 Å². The fourth-order valence-corrected chi connectivity index (χ4v) is 2.51. The second kappa shape index (κ2) is 6.06. The molecule has 0 unspecified atom stereocenters. The standard InChI is InChI=1S/C13H8NS.CH3.Ir/c1-2-7-12-10(5-1)9-13(15-12)11-6-3-4-8-14-11;;/h1-8H;1H3;/q2*-1;. The molecular formula is C14H11IrNS-2. The predicted octanol–water partition coefficient (Wildman–Crippen LogP) is 4.21. The summed E-state index contributed by atoms with van der Waals surface area (Å²) in [6, 6.07) is 17.6. The van der Waals surface area contributed by atoms with Gasteiger partial charge in [0.05, 0.1) is 0 Å². The van der Waals surface area contributed by atoms with E-state index in [9.17, 15) is 0 Å². The molecule has 0 aliphatic carbocycles. The fourth-order valence-electron chi connectivity index (χ4n) is 1.53. The van der Waals surface area contributed by atoms with E-state index in [0.717, 1.165) is 10.6 Å². The summed E-state index contributed by atoms with van der Waals surface area (Å²) in [5, 5.41) is 1.17. The average molecular weight is 418 g/mol. The summed E-state index contributed by atoms with van der Waals surface area (Å²) in [6.45, 7) is 0. The predicted molar refractivity (Wildman–Crippen MR) is 70.3 cm³/mol. The van der Waals surface area contributed by atoms with E-state index >= 15 is 0 Å². The Bertz CT molecular complexity index is 556. The van der Waals surface area contributed by atoms with Gasteiger partial charge in [-0.15, -0.1) is 23.6 Å². The Morgan fingerprint density at radius 2 is 1.76 bits per heavy atom. The number of hydrogen-bond acceptors (Lipinski definition) is 2. The maximum atomic E-state index is 4.32. The average Bonchev–Trinajstić information content (AvgIpc) is 2.74. The van der Waals surface area contributed by atoms with Crippen molar-refractivity contribution in [2.75, 3.05) is 0 Å². The molecule has 0 fully saturated rings. The molecule has 3 rings (SSSR count). The summed E-state index contributed by atoms with van der Waals surface area (Å²) in [5.41, 5.74) is 0.999. The van der Waals surface area contributed by atoms with Gasteiger partial charge in [0, 0.05) is 32.0 Å². The topological polar surface area (TPSA) is 12.9 Å². The molecule has 1 nitrogen and oxygen atoms in total. The number of rotatable bonds is 1. The zero-order valence-corrected chi connectivity index (χ0v) is 12.5. The number of nitrogens with zero attached hydrogens (tertiary/aromatic N) is 1. The van der Waals surface area contributed by atoms with Gasteiger partial charge < -0.3 is 12.4 Å². The third kappa shape index (κ3) is 2.81. The smallest absolute Gasteiger partial charge is 0.0161 e. The van der Waals surface area contributed by atoms with E-state index in [-0.39, 0.29) is 27.5 Å². The van der Waals surface area contributed by atoms with Crippen LogP contribution >= 0.6 is 11.3 Å². The van der Waals surface area contributed by atoms with Gasteiger partial charge >= 0.3 is 0 Å². The Morgan fingerprint density at radius 1 is 1.00 bits per heavy atom. The maximum Gasteiger partial charge on any atom is 0.0161 e. The van der Waals surface area contributed by atoms with Crippen LogP contribution in [-0.2, 0) is 20.1 Å². The Balaban J connectivity index is 0.000000722.